The number of amides is 4. The molecule has 0 saturated carbocycles. The smallest absolute Gasteiger partial charge is 0.335 e. The average molecular weight is 665 g/mol. The van der Waals surface area contributed by atoms with Crippen molar-refractivity contribution < 1.29 is 33.0 Å². The number of anilines is 1. The molecule has 0 radical (unpaired) electrons. The van der Waals surface area contributed by atoms with Crippen LogP contribution in [0.2, 0.25) is 0 Å². The monoisotopic (exact) mass is 664 g/mol. The van der Waals surface area contributed by atoms with Crippen LogP contribution >= 0.6 is 38.5 Å². The van der Waals surface area contributed by atoms with E-state index in [1.807, 2.05) is 0 Å². The predicted molar refractivity (Wildman–Crippen MR) is 139 cm³/mol. The Hall–Kier alpha value is -3.45. The van der Waals surface area contributed by atoms with E-state index in [0.717, 1.165) is 10.5 Å². The predicted octanol–water partition coefficient (Wildman–Crippen LogP) is 5.17. The number of rotatable bonds is 5. The van der Waals surface area contributed by atoms with E-state index in [1.165, 1.54) is 30.3 Å². The second kappa shape index (κ2) is 9.90. The molecule has 1 N–H and O–H groups in total. The number of halogens is 3. The second-order valence-corrected chi connectivity index (χ2v) is 9.74. The molecule has 1 fully saturated rings. The largest absolute Gasteiger partial charge is 0.487 e. The fourth-order valence-corrected chi connectivity index (χ4v) is 5.39. The van der Waals surface area contributed by atoms with Crippen molar-refractivity contribution in [2.24, 2.45) is 0 Å². The van der Waals surface area contributed by atoms with Crippen LogP contribution in [-0.2, 0) is 16.2 Å². The molecular formula is C25H15BrFIN2O6. The minimum atomic E-state index is -0.860. The highest BCUT2D eigenvalue weighted by atomic mass is 127. The lowest BCUT2D eigenvalue weighted by atomic mass is 10.1. The SMILES string of the molecule is O=C1NC(=O)N(c2ccc3c(c2)OCO3)C(=O)/C1=C/c1cc(Br)c(OCc2ccc(F)cc2)c(I)c1. The number of nitrogens with zero attached hydrogens (tertiary/aromatic N) is 1. The van der Waals surface area contributed by atoms with Gasteiger partial charge in [0.25, 0.3) is 11.8 Å². The van der Waals surface area contributed by atoms with Crippen molar-refractivity contribution in [3.63, 3.8) is 0 Å². The number of hydrogen-bond donors (Lipinski definition) is 1. The topological polar surface area (TPSA) is 94.2 Å². The first-order valence-corrected chi connectivity index (χ1v) is 12.3. The van der Waals surface area contributed by atoms with Gasteiger partial charge in [-0.2, -0.15) is 0 Å². The molecule has 3 aromatic carbocycles. The van der Waals surface area contributed by atoms with Crippen molar-refractivity contribution in [3.8, 4) is 17.2 Å². The van der Waals surface area contributed by atoms with Crippen LogP contribution < -0.4 is 24.4 Å². The van der Waals surface area contributed by atoms with Crippen LogP contribution in [0.1, 0.15) is 11.1 Å². The zero-order valence-corrected chi connectivity index (χ0v) is 22.0. The zero-order valence-electron chi connectivity index (χ0n) is 18.2. The molecule has 0 aromatic heterocycles. The number of imide groups is 2. The molecular weight excluding hydrogens is 650 g/mol. The van der Waals surface area contributed by atoms with Crippen LogP contribution in [0.3, 0.4) is 0 Å². The number of ether oxygens (including phenoxy) is 3. The minimum absolute atomic E-state index is 0.0414. The number of carbonyl (C=O) groups is 3. The summed E-state index contributed by atoms with van der Waals surface area (Å²) in [5.74, 6) is -0.456. The molecule has 0 atom stereocenters. The van der Waals surface area contributed by atoms with Gasteiger partial charge in [-0.15, -0.1) is 0 Å². The Morgan fingerprint density at radius 1 is 1.06 bits per heavy atom. The van der Waals surface area contributed by atoms with Crippen molar-refractivity contribution in [1.29, 1.82) is 0 Å². The Morgan fingerprint density at radius 3 is 2.56 bits per heavy atom. The number of barbiturate groups is 1. The lowest BCUT2D eigenvalue weighted by Crippen LogP contribution is -2.54. The number of urea groups is 1. The van der Waals surface area contributed by atoms with E-state index in [-0.39, 0.29) is 30.5 Å². The Morgan fingerprint density at radius 2 is 1.81 bits per heavy atom. The van der Waals surface area contributed by atoms with Crippen molar-refractivity contribution in [2.45, 2.75) is 6.61 Å². The van der Waals surface area contributed by atoms with Crippen LogP contribution in [0.15, 0.2) is 64.6 Å². The van der Waals surface area contributed by atoms with Crippen LogP contribution in [-0.4, -0.2) is 24.6 Å². The molecule has 4 amide bonds. The van der Waals surface area contributed by atoms with Gasteiger partial charge in [-0.05, 0) is 92.1 Å². The fraction of sp³-hybridized carbons (Fsp3) is 0.0800. The maximum absolute atomic E-state index is 13.2. The third-order valence-electron chi connectivity index (χ3n) is 5.34. The molecule has 182 valence electrons. The maximum atomic E-state index is 13.2. The van der Waals surface area contributed by atoms with E-state index in [4.69, 9.17) is 14.2 Å². The summed E-state index contributed by atoms with van der Waals surface area (Å²) in [4.78, 5) is 39.1. The van der Waals surface area contributed by atoms with Gasteiger partial charge in [0, 0.05) is 6.07 Å². The van der Waals surface area contributed by atoms with E-state index in [9.17, 15) is 18.8 Å². The van der Waals surface area contributed by atoms with Gasteiger partial charge in [0.05, 0.1) is 13.7 Å². The summed E-state index contributed by atoms with van der Waals surface area (Å²) in [6.45, 7) is 0.266. The van der Waals surface area contributed by atoms with Crippen LogP contribution in [0, 0.1) is 9.39 Å². The summed E-state index contributed by atoms with van der Waals surface area (Å²) in [6.07, 6.45) is 1.40. The molecule has 5 rings (SSSR count). The van der Waals surface area contributed by atoms with Crippen molar-refractivity contribution >= 4 is 68.1 Å². The molecule has 2 aliphatic heterocycles. The van der Waals surface area contributed by atoms with Crippen LogP contribution in [0.5, 0.6) is 17.2 Å². The Bertz CT molecular complexity index is 1420. The third kappa shape index (κ3) is 4.80. The van der Waals surface area contributed by atoms with Gasteiger partial charge in [0.15, 0.2) is 11.5 Å². The molecule has 11 heteroatoms. The molecule has 1 saturated heterocycles. The molecule has 0 unspecified atom stereocenters. The normalized spacial score (nSPS) is 15.9. The van der Waals surface area contributed by atoms with E-state index < -0.39 is 17.8 Å². The quantitative estimate of drug-likeness (QED) is 0.230. The molecule has 2 heterocycles. The fourth-order valence-electron chi connectivity index (χ4n) is 3.62. The van der Waals surface area contributed by atoms with Gasteiger partial charge in [0.1, 0.15) is 23.7 Å². The number of hydrogen-bond acceptors (Lipinski definition) is 6. The van der Waals surface area contributed by atoms with E-state index >= 15 is 0 Å². The zero-order chi connectivity index (χ0) is 25.4. The molecule has 36 heavy (non-hydrogen) atoms. The number of carbonyl (C=O) groups excluding carboxylic acids is 3. The van der Waals surface area contributed by atoms with Crippen molar-refractivity contribution in [3.05, 3.63) is 85.2 Å². The van der Waals surface area contributed by atoms with E-state index in [1.54, 1.807) is 30.3 Å². The Balaban J connectivity index is 1.40. The van der Waals surface area contributed by atoms with Crippen molar-refractivity contribution in [1.82, 2.24) is 5.32 Å². The molecule has 0 aliphatic carbocycles. The average Bonchev–Trinajstić information content (AvgIpc) is 3.30. The van der Waals surface area contributed by atoms with Gasteiger partial charge in [-0.1, -0.05) is 12.1 Å². The Labute approximate surface area is 226 Å². The Kier molecular flexibility index (Phi) is 6.67. The first kappa shape index (κ1) is 24.3. The molecule has 0 bridgehead atoms. The van der Waals surface area contributed by atoms with Gasteiger partial charge < -0.3 is 14.2 Å². The van der Waals surface area contributed by atoms with E-state index in [0.29, 0.717) is 30.9 Å². The number of nitrogens with one attached hydrogen (secondary N) is 1. The molecule has 2 aliphatic rings. The standard InChI is InChI=1S/C25H15BrFIN2O6/c26-18-8-14(9-19(28)22(18)34-11-13-1-3-15(27)4-2-13)7-17-23(31)29-25(33)30(24(17)32)16-5-6-20-21(10-16)36-12-35-20/h1-10H,11-12H2,(H,29,31,33)/b17-7+. The summed E-state index contributed by atoms with van der Waals surface area (Å²) in [5.41, 5.74) is 1.36. The first-order chi connectivity index (χ1) is 17.3. The highest BCUT2D eigenvalue weighted by Crippen LogP contribution is 2.37. The van der Waals surface area contributed by atoms with Crippen LogP contribution in [0.25, 0.3) is 6.08 Å². The summed E-state index contributed by atoms with van der Waals surface area (Å²) in [7, 11) is 0. The van der Waals surface area contributed by atoms with Gasteiger partial charge in [0.2, 0.25) is 6.79 Å². The third-order valence-corrected chi connectivity index (χ3v) is 6.73. The highest BCUT2D eigenvalue weighted by Gasteiger charge is 2.37. The van der Waals surface area contributed by atoms with E-state index in [2.05, 4.69) is 43.8 Å². The van der Waals surface area contributed by atoms with Gasteiger partial charge in [-0.25, -0.2) is 14.1 Å². The summed E-state index contributed by atoms with van der Waals surface area (Å²) >= 11 is 5.55. The van der Waals surface area contributed by atoms with Gasteiger partial charge >= 0.3 is 6.03 Å². The number of fused-ring (bicyclic) bond motifs is 1. The number of benzene rings is 3. The summed E-state index contributed by atoms with van der Waals surface area (Å²) in [6, 6.07) is 13.2. The lowest BCUT2D eigenvalue weighted by molar-refractivity contribution is -0.122. The highest BCUT2D eigenvalue weighted by molar-refractivity contribution is 14.1. The maximum Gasteiger partial charge on any atom is 0.335 e. The minimum Gasteiger partial charge on any atom is -0.487 e. The van der Waals surface area contributed by atoms with Crippen molar-refractivity contribution in [2.75, 3.05) is 11.7 Å². The molecule has 3 aromatic rings. The summed E-state index contributed by atoms with van der Waals surface area (Å²) in [5, 5.41) is 2.20. The van der Waals surface area contributed by atoms with Crippen LogP contribution in [0.4, 0.5) is 14.9 Å². The molecule has 0 spiro atoms. The lowest BCUT2D eigenvalue weighted by Gasteiger charge is -2.26. The summed E-state index contributed by atoms with van der Waals surface area (Å²) < 4.78 is 30.9. The first-order valence-electron chi connectivity index (χ1n) is 10.5. The molecule has 8 nitrogen and oxygen atoms in total. The second-order valence-electron chi connectivity index (χ2n) is 7.72. The van der Waals surface area contributed by atoms with Gasteiger partial charge in [-0.3, -0.25) is 14.9 Å².